The van der Waals surface area contributed by atoms with Crippen LogP contribution in [0, 0.1) is 23.3 Å². The van der Waals surface area contributed by atoms with Gasteiger partial charge in [0, 0.05) is 6.42 Å². The molecule has 0 radical (unpaired) electrons. The van der Waals surface area contributed by atoms with Crippen LogP contribution in [0.3, 0.4) is 0 Å². The summed E-state index contributed by atoms with van der Waals surface area (Å²) in [4.78, 5) is 10.8. The van der Waals surface area contributed by atoms with Crippen LogP contribution in [0.1, 0.15) is 13.3 Å². The Morgan fingerprint density at radius 3 is 2.69 bits per heavy atom. The summed E-state index contributed by atoms with van der Waals surface area (Å²) in [5.74, 6) is 3.99. The number of carbonyl (C=O) groups excluding carboxylic acids is 1. The summed E-state index contributed by atoms with van der Waals surface area (Å²) in [5, 5.41) is 0. The lowest BCUT2D eigenvalue weighted by Crippen LogP contribution is -2.18. The van der Waals surface area contributed by atoms with Gasteiger partial charge >= 0.3 is 0 Å². The normalized spacial score (nSPS) is 24.4. The van der Waals surface area contributed by atoms with E-state index in [0.29, 0.717) is 11.8 Å². The van der Waals surface area contributed by atoms with Crippen LogP contribution in [0.4, 0.5) is 0 Å². The fraction of sp³-hybridized carbons (Fsp3) is 0.500. The first-order valence-corrected chi connectivity index (χ1v) is 9.27. The van der Waals surface area contributed by atoms with Crippen LogP contribution in [-0.4, -0.2) is 14.4 Å². The van der Waals surface area contributed by atoms with Crippen molar-refractivity contribution in [1.82, 2.24) is 0 Å². The van der Waals surface area contributed by atoms with Gasteiger partial charge in [-0.3, -0.25) is 4.79 Å². The molecule has 16 heavy (non-hydrogen) atoms. The van der Waals surface area contributed by atoms with Crippen LogP contribution in [0.15, 0.2) is 23.8 Å². The monoisotopic (exact) mass is 232 g/mol. The lowest BCUT2D eigenvalue weighted by Gasteiger charge is -2.21. The molecular weight excluding hydrogens is 212 g/mol. The molecule has 0 aromatic rings. The topological polar surface area (TPSA) is 17.1 Å². The molecule has 0 bridgehead atoms. The van der Waals surface area contributed by atoms with Gasteiger partial charge in [0.05, 0.1) is 0 Å². The van der Waals surface area contributed by atoms with Crippen molar-refractivity contribution < 1.29 is 4.79 Å². The van der Waals surface area contributed by atoms with Gasteiger partial charge in [-0.05, 0) is 17.4 Å². The first-order valence-electron chi connectivity index (χ1n) is 5.77. The van der Waals surface area contributed by atoms with Gasteiger partial charge in [0.1, 0.15) is 14.4 Å². The molecule has 0 aromatic heterocycles. The molecular formula is C14H20OSi. The molecule has 0 unspecified atom stereocenters. The van der Waals surface area contributed by atoms with Crippen molar-refractivity contribution >= 4 is 14.4 Å². The van der Waals surface area contributed by atoms with Crippen LogP contribution >= 0.6 is 0 Å². The summed E-state index contributed by atoms with van der Waals surface area (Å²) in [6.45, 7) is 8.84. The Balaban J connectivity index is 2.63. The van der Waals surface area contributed by atoms with Gasteiger partial charge in [-0.1, -0.05) is 44.8 Å². The van der Waals surface area contributed by atoms with Crippen molar-refractivity contribution in [3.8, 4) is 11.5 Å². The van der Waals surface area contributed by atoms with Gasteiger partial charge in [-0.15, -0.1) is 11.5 Å². The fourth-order valence-corrected chi connectivity index (χ4v) is 2.33. The third kappa shape index (κ3) is 3.82. The number of rotatable bonds is 2. The molecule has 0 aliphatic heterocycles. The number of hydrogen-bond acceptors (Lipinski definition) is 1. The molecule has 86 valence electrons. The van der Waals surface area contributed by atoms with E-state index in [0.717, 1.165) is 18.3 Å². The highest BCUT2D eigenvalue weighted by molar-refractivity contribution is 6.83. The molecule has 0 amide bonds. The zero-order chi connectivity index (χ0) is 12.2. The van der Waals surface area contributed by atoms with Gasteiger partial charge in [0.25, 0.3) is 0 Å². The van der Waals surface area contributed by atoms with Crippen LogP contribution in [0.25, 0.3) is 0 Å². The molecule has 0 saturated carbocycles. The van der Waals surface area contributed by atoms with E-state index < -0.39 is 8.07 Å². The number of aldehydes is 1. The first kappa shape index (κ1) is 13.0. The van der Waals surface area contributed by atoms with E-state index in [2.05, 4.69) is 44.1 Å². The quantitative estimate of drug-likeness (QED) is 0.406. The van der Waals surface area contributed by atoms with Gasteiger partial charge < -0.3 is 0 Å². The second-order valence-corrected chi connectivity index (χ2v) is 10.1. The molecule has 0 fully saturated rings. The number of carbonyl (C=O) groups is 1. The Hall–Kier alpha value is -1.07. The molecule has 0 spiro atoms. The van der Waals surface area contributed by atoms with E-state index in [1.807, 2.05) is 12.2 Å². The molecule has 1 aliphatic carbocycles. The van der Waals surface area contributed by atoms with Gasteiger partial charge in [-0.25, -0.2) is 0 Å². The maximum absolute atomic E-state index is 10.8. The molecule has 0 heterocycles. The summed E-state index contributed by atoms with van der Waals surface area (Å²) in [6, 6.07) is 0. The SMILES string of the molecule is C[C@H]1C(C=O)=CC=C[C@@H]1CC#C[Si](C)(C)C. The lowest BCUT2D eigenvalue weighted by molar-refractivity contribution is -0.105. The molecule has 0 N–H and O–H groups in total. The van der Waals surface area contributed by atoms with E-state index >= 15 is 0 Å². The average molecular weight is 232 g/mol. The predicted octanol–water partition coefficient (Wildman–Crippen LogP) is 3.20. The molecule has 2 heteroatoms. The molecule has 1 aliphatic rings. The van der Waals surface area contributed by atoms with Crippen molar-refractivity contribution in [1.29, 1.82) is 0 Å². The molecule has 0 aromatic carbocycles. The fourth-order valence-electron chi connectivity index (χ4n) is 1.70. The van der Waals surface area contributed by atoms with Gasteiger partial charge in [0.2, 0.25) is 0 Å². The Morgan fingerprint density at radius 1 is 1.44 bits per heavy atom. The molecule has 1 rings (SSSR count). The van der Waals surface area contributed by atoms with Crippen molar-refractivity contribution in [2.75, 3.05) is 0 Å². The van der Waals surface area contributed by atoms with Crippen molar-refractivity contribution in [3.05, 3.63) is 23.8 Å². The lowest BCUT2D eigenvalue weighted by atomic mass is 9.82. The highest BCUT2D eigenvalue weighted by Crippen LogP contribution is 2.26. The zero-order valence-electron chi connectivity index (χ0n) is 10.6. The largest absolute Gasteiger partial charge is 0.298 e. The summed E-state index contributed by atoms with van der Waals surface area (Å²) >= 11 is 0. The second-order valence-electron chi connectivity index (χ2n) is 5.38. The molecule has 0 saturated heterocycles. The third-order valence-electron chi connectivity index (χ3n) is 2.75. The highest BCUT2D eigenvalue weighted by Gasteiger charge is 2.19. The van der Waals surface area contributed by atoms with Gasteiger partial charge in [-0.2, -0.15) is 0 Å². The predicted molar refractivity (Wildman–Crippen MR) is 71.7 cm³/mol. The smallest absolute Gasteiger partial charge is 0.146 e. The minimum Gasteiger partial charge on any atom is -0.298 e. The molecule has 2 atom stereocenters. The summed E-state index contributed by atoms with van der Waals surface area (Å²) in [5.41, 5.74) is 4.26. The van der Waals surface area contributed by atoms with E-state index in [1.165, 1.54) is 0 Å². The van der Waals surface area contributed by atoms with Crippen LogP contribution < -0.4 is 0 Å². The maximum Gasteiger partial charge on any atom is 0.146 e. The Labute approximate surface area is 99.6 Å². The standard InChI is InChI=1S/C14H20OSi/c1-12-13(7-5-8-14(12)11-15)9-6-10-16(2,3)4/h5,7-8,11-13H,9H2,1-4H3/t12-,13-/m1/s1. The maximum atomic E-state index is 10.8. The highest BCUT2D eigenvalue weighted by atomic mass is 28.3. The van der Waals surface area contributed by atoms with E-state index in [1.54, 1.807) is 0 Å². The first-order chi connectivity index (χ1) is 7.44. The zero-order valence-corrected chi connectivity index (χ0v) is 11.6. The average Bonchev–Trinajstić information content (AvgIpc) is 2.19. The van der Waals surface area contributed by atoms with Crippen LogP contribution in [0.5, 0.6) is 0 Å². The van der Waals surface area contributed by atoms with E-state index in [-0.39, 0.29) is 0 Å². The van der Waals surface area contributed by atoms with Crippen molar-refractivity contribution in [3.63, 3.8) is 0 Å². The van der Waals surface area contributed by atoms with Crippen LogP contribution in [0.2, 0.25) is 19.6 Å². The third-order valence-corrected chi connectivity index (χ3v) is 3.68. The van der Waals surface area contributed by atoms with E-state index in [9.17, 15) is 4.79 Å². The Morgan fingerprint density at radius 2 is 2.12 bits per heavy atom. The minimum atomic E-state index is -1.26. The Bertz CT molecular complexity index is 374. The summed E-state index contributed by atoms with van der Waals surface area (Å²) < 4.78 is 0. The number of allylic oxidation sites excluding steroid dienone is 4. The molecule has 1 nitrogen and oxygen atoms in total. The minimum absolute atomic E-state index is 0.304. The second kappa shape index (κ2) is 5.31. The van der Waals surface area contributed by atoms with Crippen molar-refractivity contribution in [2.45, 2.75) is 33.0 Å². The summed E-state index contributed by atoms with van der Waals surface area (Å²) in [6.07, 6.45) is 7.88. The van der Waals surface area contributed by atoms with Gasteiger partial charge in [0.15, 0.2) is 0 Å². The van der Waals surface area contributed by atoms with E-state index in [4.69, 9.17) is 0 Å². The Kier molecular flexibility index (Phi) is 4.32. The van der Waals surface area contributed by atoms with Crippen LogP contribution in [-0.2, 0) is 4.79 Å². The summed E-state index contributed by atoms with van der Waals surface area (Å²) in [7, 11) is -1.26. The van der Waals surface area contributed by atoms with Crippen molar-refractivity contribution in [2.24, 2.45) is 11.8 Å². The number of hydrogen-bond donors (Lipinski definition) is 0.